The summed E-state index contributed by atoms with van der Waals surface area (Å²) < 4.78 is 22.0. The zero-order valence-electron chi connectivity index (χ0n) is 33.6. The molecule has 0 saturated carbocycles. The second-order valence-corrected chi connectivity index (χ2v) is 16.0. The monoisotopic (exact) mass is 833 g/mol. The van der Waals surface area contributed by atoms with Crippen LogP contribution < -0.4 is 30.2 Å². The van der Waals surface area contributed by atoms with E-state index in [1.54, 1.807) is 67.6 Å². The molecule has 2 atom stereocenters. The first-order chi connectivity index (χ1) is 28.7. The molecule has 6 rings (SSSR count). The van der Waals surface area contributed by atoms with Crippen molar-refractivity contribution in [2.24, 2.45) is 0 Å². The Kier molecular flexibility index (Phi) is 14.5. The van der Waals surface area contributed by atoms with Crippen LogP contribution in [0.4, 0.5) is 10.7 Å². The maximum absolute atomic E-state index is 14.0. The average molecular weight is 834 g/mol. The van der Waals surface area contributed by atoms with Crippen molar-refractivity contribution in [3.05, 3.63) is 135 Å². The van der Waals surface area contributed by atoms with Gasteiger partial charge in [0.1, 0.15) is 16.4 Å². The summed E-state index contributed by atoms with van der Waals surface area (Å²) in [5.74, 6) is -0.206. The lowest BCUT2D eigenvalue weighted by Gasteiger charge is -2.23. The molecule has 5 aromatic rings. The molecule has 1 aliphatic carbocycles. The fourth-order valence-electron chi connectivity index (χ4n) is 6.89. The van der Waals surface area contributed by atoms with Crippen molar-refractivity contribution in [1.29, 1.82) is 0 Å². The Balaban J connectivity index is 1.21. The number of fused-ring (bicyclic) bond motifs is 1. The molecule has 0 aliphatic heterocycles. The summed E-state index contributed by atoms with van der Waals surface area (Å²) in [7, 11) is 4.49. The number of amides is 3. The van der Waals surface area contributed by atoms with Gasteiger partial charge in [-0.25, -0.2) is 4.79 Å². The minimum Gasteiger partial charge on any atom is -0.496 e. The first-order valence-corrected chi connectivity index (χ1v) is 21.0. The number of nitrogens with one attached hydrogen (secondary N) is 3. The van der Waals surface area contributed by atoms with Crippen LogP contribution in [0.2, 0.25) is 0 Å². The summed E-state index contributed by atoms with van der Waals surface area (Å²) in [4.78, 5) is 56.4. The highest BCUT2D eigenvalue weighted by Gasteiger charge is 2.32. The highest BCUT2D eigenvalue weighted by atomic mass is 32.2. The standard InChI is InChI=1S/C46H47N3O8S2/c1-6-39(44(52)49-45-41(46(53)57-7-2)34-22-21-30(25-40(34)59-45)28-15-10-8-11-16-28)58-33-20-14-19-32(26-33)47-43(51)35(48-42(50)29-17-12-9-13-18-29)23-31-24-37(55-4)38(56-5)27-36(31)54-3/h8-20,23-24,26-27,30,39H,6-7,21-22,25H2,1-5H3,(H,47,51)(H,48,50)(H,49,52)/b35-23+. The van der Waals surface area contributed by atoms with E-state index in [9.17, 15) is 19.2 Å². The van der Waals surface area contributed by atoms with Crippen LogP contribution in [-0.2, 0) is 27.2 Å². The van der Waals surface area contributed by atoms with Crippen LogP contribution in [0.5, 0.6) is 17.2 Å². The molecule has 0 radical (unpaired) electrons. The third-order valence-electron chi connectivity index (χ3n) is 9.85. The molecule has 0 bridgehead atoms. The second kappa shape index (κ2) is 20.1. The van der Waals surface area contributed by atoms with Gasteiger partial charge in [-0.1, -0.05) is 61.5 Å². The fraction of sp³-hybridized carbons (Fsp3) is 0.261. The lowest BCUT2D eigenvalue weighted by molar-refractivity contribution is -0.116. The number of anilines is 2. The highest BCUT2D eigenvalue weighted by molar-refractivity contribution is 8.00. The van der Waals surface area contributed by atoms with Crippen LogP contribution >= 0.6 is 23.1 Å². The Morgan fingerprint density at radius 2 is 1.53 bits per heavy atom. The molecule has 0 fully saturated rings. The number of thioether (sulfide) groups is 1. The van der Waals surface area contributed by atoms with Gasteiger partial charge in [0.05, 0.1) is 38.7 Å². The minimum absolute atomic E-state index is 0.0561. The zero-order chi connectivity index (χ0) is 41.9. The van der Waals surface area contributed by atoms with E-state index in [0.717, 1.165) is 28.2 Å². The van der Waals surface area contributed by atoms with Crippen LogP contribution in [0.25, 0.3) is 6.08 Å². The van der Waals surface area contributed by atoms with Crippen molar-refractivity contribution in [2.75, 3.05) is 38.6 Å². The summed E-state index contributed by atoms with van der Waals surface area (Å²) >= 11 is 2.80. The highest BCUT2D eigenvalue weighted by Crippen LogP contribution is 2.43. The van der Waals surface area contributed by atoms with Crippen molar-refractivity contribution in [2.45, 2.75) is 55.6 Å². The van der Waals surface area contributed by atoms with E-state index in [1.165, 1.54) is 56.1 Å². The van der Waals surface area contributed by atoms with Crippen LogP contribution in [0.3, 0.4) is 0 Å². The van der Waals surface area contributed by atoms with Crippen molar-refractivity contribution < 1.29 is 38.1 Å². The first kappa shape index (κ1) is 42.6. The van der Waals surface area contributed by atoms with E-state index in [4.69, 9.17) is 18.9 Å². The second-order valence-electron chi connectivity index (χ2n) is 13.6. The van der Waals surface area contributed by atoms with Crippen LogP contribution in [0.1, 0.15) is 74.9 Å². The number of methoxy groups -OCH3 is 3. The SMILES string of the molecule is CCOC(=O)c1c(NC(=O)C(CC)Sc2cccc(NC(=O)/C(=C\c3cc(OC)c(OC)cc3OC)NC(=O)c3ccccc3)c2)sc2c1CCC(c1ccccc1)C2. The Bertz CT molecular complexity index is 2330. The van der Waals surface area contributed by atoms with Crippen molar-refractivity contribution in [1.82, 2.24) is 5.32 Å². The number of benzene rings is 4. The topological polar surface area (TPSA) is 141 Å². The summed E-state index contributed by atoms with van der Waals surface area (Å²) in [6, 6.07) is 29.3. The molecular formula is C46H47N3O8S2. The lowest BCUT2D eigenvalue weighted by atomic mass is 9.83. The smallest absolute Gasteiger partial charge is 0.341 e. The third-order valence-corrected chi connectivity index (χ3v) is 12.4. The summed E-state index contributed by atoms with van der Waals surface area (Å²) in [6.45, 7) is 3.92. The van der Waals surface area contributed by atoms with Gasteiger partial charge in [0.15, 0.2) is 11.5 Å². The summed E-state index contributed by atoms with van der Waals surface area (Å²) in [6.07, 6.45) is 4.39. The molecule has 3 N–H and O–H groups in total. The number of hydrogen-bond donors (Lipinski definition) is 3. The van der Waals surface area contributed by atoms with Gasteiger partial charge in [-0.15, -0.1) is 23.1 Å². The largest absolute Gasteiger partial charge is 0.496 e. The van der Waals surface area contributed by atoms with Gasteiger partial charge in [-0.3, -0.25) is 14.4 Å². The van der Waals surface area contributed by atoms with E-state index in [-0.39, 0.29) is 18.2 Å². The Morgan fingerprint density at radius 3 is 2.20 bits per heavy atom. The van der Waals surface area contributed by atoms with Gasteiger partial charge < -0.3 is 34.9 Å². The van der Waals surface area contributed by atoms with E-state index >= 15 is 0 Å². The Hall–Kier alpha value is -6.05. The minimum atomic E-state index is -0.597. The average Bonchev–Trinajstić information content (AvgIpc) is 3.62. The van der Waals surface area contributed by atoms with Crippen molar-refractivity contribution in [3.8, 4) is 17.2 Å². The van der Waals surface area contributed by atoms with Gasteiger partial charge in [-0.05, 0) is 92.1 Å². The Labute approximate surface area is 352 Å². The molecule has 13 heteroatoms. The van der Waals surface area contributed by atoms with Crippen LogP contribution in [0.15, 0.2) is 108 Å². The third kappa shape index (κ3) is 10.3. The number of thiophene rings is 1. The summed E-state index contributed by atoms with van der Waals surface area (Å²) in [5.41, 5.74) is 3.87. The normalized spacial score (nSPS) is 14.0. The number of carbonyl (C=O) groups is 4. The molecule has 306 valence electrons. The van der Waals surface area contributed by atoms with E-state index < -0.39 is 23.0 Å². The molecule has 0 saturated heterocycles. The van der Waals surface area contributed by atoms with E-state index in [0.29, 0.717) is 63.4 Å². The van der Waals surface area contributed by atoms with Crippen molar-refractivity contribution in [3.63, 3.8) is 0 Å². The van der Waals surface area contributed by atoms with E-state index in [1.807, 2.05) is 31.2 Å². The molecule has 59 heavy (non-hydrogen) atoms. The first-order valence-electron chi connectivity index (χ1n) is 19.3. The van der Waals surface area contributed by atoms with E-state index in [2.05, 4.69) is 28.1 Å². The maximum Gasteiger partial charge on any atom is 0.341 e. The van der Waals surface area contributed by atoms with Gasteiger partial charge in [0.25, 0.3) is 11.8 Å². The number of ether oxygens (including phenoxy) is 4. The van der Waals surface area contributed by atoms with Crippen molar-refractivity contribution >= 4 is 63.6 Å². The summed E-state index contributed by atoms with van der Waals surface area (Å²) in [5, 5.41) is 8.73. The van der Waals surface area contributed by atoms with Gasteiger partial charge >= 0.3 is 5.97 Å². The molecule has 4 aromatic carbocycles. The molecule has 11 nitrogen and oxygen atoms in total. The fourth-order valence-corrected chi connectivity index (χ4v) is 9.22. The molecule has 1 aromatic heterocycles. The van der Waals surface area contributed by atoms with Gasteiger partial charge in [0, 0.05) is 32.7 Å². The van der Waals surface area contributed by atoms with Gasteiger partial charge in [0.2, 0.25) is 5.91 Å². The predicted molar refractivity (Wildman–Crippen MR) is 233 cm³/mol. The lowest BCUT2D eigenvalue weighted by Crippen LogP contribution is -2.30. The van der Waals surface area contributed by atoms with Crippen LogP contribution in [0, 0.1) is 0 Å². The van der Waals surface area contributed by atoms with Crippen LogP contribution in [-0.4, -0.2) is 56.9 Å². The molecule has 3 amide bonds. The number of esters is 1. The zero-order valence-corrected chi connectivity index (χ0v) is 35.2. The number of hydrogen-bond acceptors (Lipinski definition) is 10. The molecule has 0 spiro atoms. The maximum atomic E-state index is 14.0. The predicted octanol–water partition coefficient (Wildman–Crippen LogP) is 9.14. The molecule has 1 aliphatic rings. The number of rotatable bonds is 16. The quantitative estimate of drug-likeness (QED) is 0.0504. The molecular weight excluding hydrogens is 787 g/mol. The Morgan fingerprint density at radius 1 is 0.831 bits per heavy atom. The molecule has 1 heterocycles. The number of carbonyl (C=O) groups excluding carboxylic acids is 4. The van der Waals surface area contributed by atoms with Gasteiger partial charge in [-0.2, -0.15) is 0 Å². The molecule has 2 unspecified atom stereocenters.